The summed E-state index contributed by atoms with van der Waals surface area (Å²) >= 11 is 0. The van der Waals surface area contributed by atoms with Crippen molar-refractivity contribution in [3.8, 4) is 11.5 Å². The fourth-order valence-corrected chi connectivity index (χ4v) is 1.89. The maximum Gasteiger partial charge on any atom is 0.339 e. The average molecular weight is 302 g/mol. The van der Waals surface area contributed by atoms with Crippen LogP contribution in [0.25, 0.3) is 0 Å². The summed E-state index contributed by atoms with van der Waals surface area (Å²) in [5.74, 6) is 0.148. The Morgan fingerprint density at radius 2 is 1.77 bits per heavy atom. The van der Waals surface area contributed by atoms with Crippen molar-refractivity contribution in [2.45, 2.75) is 6.61 Å². The van der Waals surface area contributed by atoms with Gasteiger partial charge in [-0.2, -0.15) is 0 Å². The molecule has 0 saturated heterocycles. The monoisotopic (exact) mass is 302 g/mol. The van der Waals surface area contributed by atoms with Crippen LogP contribution in [0, 0.1) is 0 Å². The second kappa shape index (κ2) is 8.05. The number of carboxylic acid groups (broad SMARTS) is 1. The molecule has 0 unspecified atom stereocenters. The van der Waals surface area contributed by atoms with Crippen molar-refractivity contribution < 1.29 is 24.1 Å². The largest absolute Gasteiger partial charge is 0.497 e. The average Bonchev–Trinajstić information content (AvgIpc) is 2.55. The molecule has 5 nitrogen and oxygen atoms in total. The summed E-state index contributed by atoms with van der Waals surface area (Å²) in [6.45, 7) is 1.13. The van der Waals surface area contributed by atoms with E-state index in [9.17, 15) is 4.79 Å². The molecule has 0 saturated carbocycles. The number of ether oxygens (including phenoxy) is 3. The van der Waals surface area contributed by atoms with Crippen LogP contribution in [-0.4, -0.2) is 31.4 Å². The Labute approximate surface area is 129 Å². The normalized spacial score (nSPS) is 10.2. The summed E-state index contributed by atoms with van der Waals surface area (Å²) in [4.78, 5) is 11.0. The summed E-state index contributed by atoms with van der Waals surface area (Å²) in [7, 11) is 1.62. The fraction of sp³-hybridized carbons (Fsp3) is 0.235. The van der Waals surface area contributed by atoms with Gasteiger partial charge in [-0.3, -0.25) is 0 Å². The molecule has 2 rings (SSSR count). The van der Waals surface area contributed by atoms with E-state index < -0.39 is 5.97 Å². The van der Waals surface area contributed by atoms with Gasteiger partial charge >= 0.3 is 5.97 Å². The Kier molecular flexibility index (Phi) is 5.80. The molecule has 5 heteroatoms. The van der Waals surface area contributed by atoms with Crippen molar-refractivity contribution in [3.63, 3.8) is 0 Å². The van der Waals surface area contributed by atoms with E-state index >= 15 is 0 Å². The van der Waals surface area contributed by atoms with Crippen LogP contribution in [-0.2, 0) is 11.3 Å². The number of hydrogen-bond acceptors (Lipinski definition) is 4. The maximum absolute atomic E-state index is 11.0. The molecule has 0 aliphatic heterocycles. The molecular weight excluding hydrogens is 284 g/mol. The molecule has 116 valence electrons. The molecule has 0 amide bonds. The van der Waals surface area contributed by atoms with Crippen LogP contribution >= 0.6 is 0 Å². The van der Waals surface area contributed by atoms with Gasteiger partial charge in [-0.25, -0.2) is 4.79 Å². The van der Waals surface area contributed by atoms with Gasteiger partial charge in [0.25, 0.3) is 0 Å². The minimum atomic E-state index is -1.00. The summed E-state index contributed by atoms with van der Waals surface area (Å²) in [5.41, 5.74) is 1.18. The summed E-state index contributed by atoms with van der Waals surface area (Å²) in [6, 6.07) is 14.1. The third-order valence-corrected chi connectivity index (χ3v) is 3.03. The molecule has 2 aromatic carbocycles. The predicted octanol–water partition coefficient (Wildman–Crippen LogP) is 2.99. The first-order chi connectivity index (χ1) is 10.7. The summed E-state index contributed by atoms with van der Waals surface area (Å²) in [6.07, 6.45) is 0. The molecule has 22 heavy (non-hydrogen) atoms. The lowest BCUT2D eigenvalue weighted by Crippen LogP contribution is -2.09. The van der Waals surface area contributed by atoms with Gasteiger partial charge in [0.2, 0.25) is 0 Å². The molecule has 0 aromatic heterocycles. The Hall–Kier alpha value is -2.53. The number of benzene rings is 2. The molecule has 1 N–H and O–H groups in total. The smallest absolute Gasteiger partial charge is 0.339 e. The molecular formula is C17H18O5. The van der Waals surface area contributed by atoms with Gasteiger partial charge in [0, 0.05) is 0 Å². The number of methoxy groups -OCH3 is 1. The lowest BCUT2D eigenvalue weighted by atomic mass is 10.2. The van der Waals surface area contributed by atoms with E-state index in [1.807, 2.05) is 24.3 Å². The Balaban J connectivity index is 1.74. The number of carboxylic acids is 1. The lowest BCUT2D eigenvalue weighted by Gasteiger charge is -2.09. The van der Waals surface area contributed by atoms with Crippen LogP contribution in [0.5, 0.6) is 11.5 Å². The van der Waals surface area contributed by atoms with E-state index in [0.29, 0.717) is 25.6 Å². The minimum Gasteiger partial charge on any atom is -0.497 e. The second-order valence-electron chi connectivity index (χ2n) is 4.55. The quantitative estimate of drug-likeness (QED) is 0.759. The summed E-state index contributed by atoms with van der Waals surface area (Å²) < 4.78 is 16.0. The molecule has 0 bridgehead atoms. The lowest BCUT2D eigenvalue weighted by molar-refractivity contribution is 0.0681. The first kappa shape index (κ1) is 15.9. The number of aromatic carboxylic acids is 1. The minimum absolute atomic E-state index is 0.151. The highest BCUT2D eigenvalue weighted by molar-refractivity contribution is 5.90. The zero-order chi connectivity index (χ0) is 15.8. The predicted molar refractivity (Wildman–Crippen MR) is 81.5 cm³/mol. The van der Waals surface area contributed by atoms with Crippen molar-refractivity contribution in [3.05, 3.63) is 59.7 Å². The molecule has 0 atom stereocenters. The molecule has 0 fully saturated rings. The number of para-hydroxylation sites is 1. The Morgan fingerprint density at radius 3 is 2.45 bits per heavy atom. The zero-order valence-corrected chi connectivity index (χ0v) is 12.3. The van der Waals surface area contributed by atoms with Crippen molar-refractivity contribution >= 4 is 5.97 Å². The SMILES string of the molecule is COc1ccc(COCCOc2ccccc2C(=O)O)cc1. The number of carbonyl (C=O) groups is 1. The third-order valence-electron chi connectivity index (χ3n) is 3.03. The highest BCUT2D eigenvalue weighted by Gasteiger charge is 2.09. The van der Waals surface area contributed by atoms with E-state index in [2.05, 4.69) is 0 Å². The second-order valence-corrected chi connectivity index (χ2v) is 4.55. The van der Waals surface area contributed by atoms with Gasteiger partial charge in [-0.15, -0.1) is 0 Å². The van der Waals surface area contributed by atoms with Gasteiger partial charge in [-0.05, 0) is 29.8 Å². The fourth-order valence-electron chi connectivity index (χ4n) is 1.89. The van der Waals surface area contributed by atoms with Crippen LogP contribution in [0.4, 0.5) is 0 Å². The van der Waals surface area contributed by atoms with E-state index in [4.69, 9.17) is 19.3 Å². The number of rotatable bonds is 8. The van der Waals surface area contributed by atoms with Crippen LogP contribution in [0.15, 0.2) is 48.5 Å². The Morgan fingerprint density at radius 1 is 1.05 bits per heavy atom. The van der Waals surface area contributed by atoms with E-state index in [-0.39, 0.29) is 5.56 Å². The highest BCUT2D eigenvalue weighted by atomic mass is 16.5. The molecule has 0 radical (unpaired) electrons. The van der Waals surface area contributed by atoms with Crippen molar-refractivity contribution in [2.75, 3.05) is 20.3 Å². The van der Waals surface area contributed by atoms with E-state index in [1.54, 1.807) is 25.3 Å². The standard InChI is InChI=1S/C17H18O5/c1-20-14-8-6-13(7-9-14)12-21-10-11-22-16-5-3-2-4-15(16)17(18)19/h2-9H,10-12H2,1H3,(H,18,19). The highest BCUT2D eigenvalue weighted by Crippen LogP contribution is 2.17. The van der Waals surface area contributed by atoms with Crippen LogP contribution in [0.2, 0.25) is 0 Å². The topological polar surface area (TPSA) is 65.0 Å². The zero-order valence-electron chi connectivity index (χ0n) is 12.3. The van der Waals surface area contributed by atoms with Crippen molar-refractivity contribution in [1.82, 2.24) is 0 Å². The molecule has 2 aromatic rings. The molecule has 0 aliphatic carbocycles. The molecule has 0 aliphatic rings. The van der Waals surface area contributed by atoms with Gasteiger partial charge in [0.1, 0.15) is 23.7 Å². The summed E-state index contributed by atoms with van der Waals surface area (Å²) in [5, 5.41) is 9.04. The van der Waals surface area contributed by atoms with Crippen molar-refractivity contribution in [2.24, 2.45) is 0 Å². The third kappa shape index (κ3) is 4.49. The first-order valence-corrected chi connectivity index (χ1v) is 6.86. The van der Waals surface area contributed by atoms with Crippen LogP contribution in [0.3, 0.4) is 0 Å². The first-order valence-electron chi connectivity index (χ1n) is 6.86. The van der Waals surface area contributed by atoms with Gasteiger partial charge in [0.15, 0.2) is 0 Å². The van der Waals surface area contributed by atoms with E-state index in [1.165, 1.54) is 6.07 Å². The van der Waals surface area contributed by atoms with Gasteiger partial charge in [0.05, 0.1) is 20.3 Å². The number of hydrogen-bond donors (Lipinski definition) is 1. The van der Waals surface area contributed by atoms with Gasteiger partial charge < -0.3 is 19.3 Å². The Bertz CT molecular complexity index is 607. The van der Waals surface area contributed by atoms with Crippen LogP contribution in [0.1, 0.15) is 15.9 Å². The van der Waals surface area contributed by atoms with Crippen LogP contribution < -0.4 is 9.47 Å². The molecule has 0 spiro atoms. The van der Waals surface area contributed by atoms with E-state index in [0.717, 1.165) is 11.3 Å². The maximum atomic E-state index is 11.0. The van der Waals surface area contributed by atoms with Crippen molar-refractivity contribution in [1.29, 1.82) is 0 Å². The molecule has 0 heterocycles. The van der Waals surface area contributed by atoms with Gasteiger partial charge in [-0.1, -0.05) is 24.3 Å².